The molecule has 0 amide bonds. The van der Waals surface area contributed by atoms with E-state index in [9.17, 15) is 9.90 Å². The Balaban J connectivity index is 1.67. The molecule has 29 heavy (non-hydrogen) atoms. The lowest BCUT2D eigenvalue weighted by Gasteiger charge is -2.33. The van der Waals surface area contributed by atoms with E-state index in [0.717, 1.165) is 40.7 Å². The van der Waals surface area contributed by atoms with Gasteiger partial charge in [0.1, 0.15) is 0 Å². The lowest BCUT2D eigenvalue weighted by Crippen LogP contribution is -2.36. The second-order valence-corrected chi connectivity index (χ2v) is 7.45. The van der Waals surface area contributed by atoms with Crippen molar-refractivity contribution < 1.29 is 19.1 Å². The predicted octanol–water partition coefficient (Wildman–Crippen LogP) is 3.77. The second-order valence-electron chi connectivity index (χ2n) is 7.45. The van der Waals surface area contributed by atoms with E-state index in [1.54, 1.807) is 19.6 Å². The van der Waals surface area contributed by atoms with Crippen LogP contribution in [0, 0.1) is 5.92 Å². The van der Waals surface area contributed by atoms with E-state index in [1.807, 2.05) is 18.3 Å². The smallest absolute Gasteiger partial charge is 0.306 e. The third-order valence-electron chi connectivity index (χ3n) is 5.50. The van der Waals surface area contributed by atoms with E-state index in [-0.39, 0.29) is 5.92 Å². The van der Waals surface area contributed by atoms with Crippen LogP contribution in [-0.2, 0) is 16.0 Å². The number of hydrogen-bond acceptors (Lipinski definition) is 6. The number of methoxy groups -OCH3 is 1. The molecule has 1 saturated heterocycles. The summed E-state index contributed by atoms with van der Waals surface area (Å²) in [5.41, 5.74) is 4.59. The summed E-state index contributed by atoms with van der Waals surface area (Å²) in [6.07, 6.45) is 8.43. The molecule has 1 aliphatic heterocycles. The Bertz CT molecular complexity index is 993. The zero-order valence-corrected chi connectivity index (χ0v) is 16.5. The summed E-state index contributed by atoms with van der Waals surface area (Å²) in [6.45, 7) is 2.12. The number of ether oxygens (including phenoxy) is 1. The summed E-state index contributed by atoms with van der Waals surface area (Å²) in [4.78, 5) is 22.8. The molecule has 0 saturated carbocycles. The van der Waals surface area contributed by atoms with Gasteiger partial charge in [0.05, 0.1) is 23.6 Å². The van der Waals surface area contributed by atoms with E-state index in [0.29, 0.717) is 38.3 Å². The molecule has 4 heterocycles. The van der Waals surface area contributed by atoms with Gasteiger partial charge < -0.3 is 19.2 Å². The van der Waals surface area contributed by atoms with Crippen molar-refractivity contribution in [2.24, 2.45) is 5.92 Å². The number of pyridine rings is 2. The third kappa shape index (κ3) is 4.24. The molecule has 0 bridgehead atoms. The molecule has 1 N–H and O–H groups in total. The minimum absolute atomic E-state index is 0.267. The molecule has 0 radical (unpaired) electrons. The van der Waals surface area contributed by atoms with Crippen molar-refractivity contribution in [3.8, 4) is 11.3 Å². The number of aromatic nitrogens is 2. The number of anilines is 1. The summed E-state index contributed by atoms with van der Waals surface area (Å²) in [5.74, 6) is -0.970. The Labute approximate surface area is 169 Å². The van der Waals surface area contributed by atoms with Gasteiger partial charge in [-0.05, 0) is 49.4 Å². The van der Waals surface area contributed by atoms with Crippen LogP contribution in [0.1, 0.15) is 24.8 Å². The Hall–Kier alpha value is -2.93. The summed E-state index contributed by atoms with van der Waals surface area (Å²) in [7, 11) is 1.71. The molecule has 0 unspecified atom stereocenters. The largest absolute Gasteiger partial charge is 0.481 e. The summed E-state index contributed by atoms with van der Waals surface area (Å²) >= 11 is 0. The quantitative estimate of drug-likeness (QED) is 0.609. The van der Waals surface area contributed by atoms with Crippen LogP contribution in [0.4, 0.5) is 5.69 Å². The Morgan fingerprint density at radius 1 is 1.28 bits per heavy atom. The first-order chi connectivity index (χ1) is 14.2. The van der Waals surface area contributed by atoms with Gasteiger partial charge in [0.25, 0.3) is 0 Å². The van der Waals surface area contributed by atoms with Crippen molar-refractivity contribution in [3.63, 3.8) is 0 Å². The highest BCUT2D eigenvalue weighted by Crippen LogP contribution is 2.34. The molecule has 4 rings (SSSR count). The van der Waals surface area contributed by atoms with Crippen LogP contribution in [0.5, 0.6) is 0 Å². The van der Waals surface area contributed by atoms with Crippen molar-refractivity contribution in [1.29, 1.82) is 0 Å². The van der Waals surface area contributed by atoms with Gasteiger partial charge in [0.15, 0.2) is 0 Å². The molecule has 152 valence electrons. The molecule has 0 aromatic carbocycles. The first-order valence-electron chi connectivity index (χ1n) is 9.95. The number of carboxylic acids is 1. The molecule has 0 aliphatic carbocycles. The van der Waals surface area contributed by atoms with Crippen molar-refractivity contribution in [2.75, 3.05) is 31.7 Å². The fraction of sp³-hybridized carbons (Fsp3) is 0.409. The molecular formula is C22H25N3O4. The summed E-state index contributed by atoms with van der Waals surface area (Å²) < 4.78 is 10.5. The maximum absolute atomic E-state index is 11.3. The number of aryl methyl sites for hydroxylation is 1. The van der Waals surface area contributed by atoms with Crippen LogP contribution in [0.2, 0.25) is 0 Å². The number of aliphatic carboxylic acids is 1. The predicted molar refractivity (Wildman–Crippen MR) is 110 cm³/mol. The highest BCUT2D eigenvalue weighted by Gasteiger charge is 2.26. The van der Waals surface area contributed by atoms with Gasteiger partial charge in [-0.2, -0.15) is 0 Å². The lowest BCUT2D eigenvalue weighted by atomic mass is 9.96. The standard InChI is InChI=1S/C22H25N3O4/c1-28-9-2-3-15-11-19(25-7-4-16(5-8-25)22(26)27)20(23-13-15)18-12-17-6-10-29-21(17)24-14-18/h6,10-14,16H,2-5,7-9H2,1H3,(H,26,27). The third-order valence-corrected chi connectivity index (χ3v) is 5.50. The van der Waals surface area contributed by atoms with Crippen LogP contribution in [0.3, 0.4) is 0 Å². The molecule has 1 fully saturated rings. The number of furan rings is 1. The molecule has 3 aromatic heterocycles. The molecule has 3 aromatic rings. The minimum atomic E-state index is -0.703. The van der Waals surface area contributed by atoms with Crippen molar-refractivity contribution in [2.45, 2.75) is 25.7 Å². The number of fused-ring (bicyclic) bond motifs is 1. The van der Waals surface area contributed by atoms with Crippen LogP contribution < -0.4 is 4.90 Å². The highest BCUT2D eigenvalue weighted by molar-refractivity contribution is 5.83. The van der Waals surface area contributed by atoms with Crippen LogP contribution in [0.15, 0.2) is 41.3 Å². The van der Waals surface area contributed by atoms with Crippen LogP contribution in [0.25, 0.3) is 22.4 Å². The van der Waals surface area contributed by atoms with Crippen molar-refractivity contribution in [3.05, 3.63) is 42.4 Å². The molecule has 7 nitrogen and oxygen atoms in total. The zero-order valence-electron chi connectivity index (χ0n) is 16.5. The van der Waals surface area contributed by atoms with Gasteiger partial charge in [-0.1, -0.05) is 0 Å². The minimum Gasteiger partial charge on any atom is -0.481 e. The molecule has 0 atom stereocenters. The monoisotopic (exact) mass is 395 g/mol. The zero-order chi connectivity index (χ0) is 20.2. The Kier molecular flexibility index (Phi) is 5.76. The van der Waals surface area contributed by atoms with Gasteiger partial charge in [0, 0.05) is 50.1 Å². The molecule has 0 spiro atoms. The fourth-order valence-corrected chi connectivity index (χ4v) is 3.87. The van der Waals surface area contributed by atoms with E-state index in [1.165, 1.54) is 0 Å². The number of piperidine rings is 1. The van der Waals surface area contributed by atoms with Gasteiger partial charge in [-0.3, -0.25) is 9.78 Å². The van der Waals surface area contributed by atoms with E-state index in [4.69, 9.17) is 14.1 Å². The maximum atomic E-state index is 11.3. The highest BCUT2D eigenvalue weighted by atomic mass is 16.5. The van der Waals surface area contributed by atoms with Gasteiger partial charge in [-0.25, -0.2) is 4.98 Å². The van der Waals surface area contributed by atoms with E-state index >= 15 is 0 Å². The van der Waals surface area contributed by atoms with E-state index < -0.39 is 5.97 Å². The number of carboxylic acid groups (broad SMARTS) is 1. The van der Waals surface area contributed by atoms with Gasteiger partial charge in [0.2, 0.25) is 5.71 Å². The topological polar surface area (TPSA) is 88.7 Å². The molecule has 7 heteroatoms. The van der Waals surface area contributed by atoms with Crippen molar-refractivity contribution >= 4 is 22.8 Å². The fourth-order valence-electron chi connectivity index (χ4n) is 3.87. The van der Waals surface area contributed by atoms with Crippen LogP contribution in [-0.4, -0.2) is 47.8 Å². The number of carbonyl (C=O) groups is 1. The normalized spacial score (nSPS) is 15.1. The number of nitrogens with zero attached hydrogens (tertiary/aromatic N) is 3. The average molecular weight is 395 g/mol. The van der Waals surface area contributed by atoms with Gasteiger partial charge >= 0.3 is 5.97 Å². The Morgan fingerprint density at radius 3 is 2.86 bits per heavy atom. The van der Waals surface area contributed by atoms with Crippen LogP contribution >= 0.6 is 0 Å². The Morgan fingerprint density at radius 2 is 2.10 bits per heavy atom. The maximum Gasteiger partial charge on any atom is 0.306 e. The van der Waals surface area contributed by atoms with Gasteiger partial charge in [-0.15, -0.1) is 0 Å². The van der Waals surface area contributed by atoms with Crippen molar-refractivity contribution in [1.82, 2.24) is 9.97 Å². The SMILES string of the molecule is COCCCc1cnc(-c2cnc3occc3c2)c(N2CCC(C(=O)O)CC2)c1. The lowest BCUT2D eigenvalue weighted by molar-refractivity contribution is -0.142. The van der Waals surface area contributed by atoms with E-state index in [2.05, 4.69) is 16.0 Å². The first kappa shape index (κ1) is 19.4. The molecular weight excluding hydrogens is 370 g/mol. The first-order valence-corrected chi connectivity index (χ1v) is 9.95. The summed E-state index contributed by atoms with van der Waals surface area (Å²) in [5, 5.41) is 10.2. The molecule has 1 aliphatic rings. The average Bonchev–Trinajstić information content (AvgIpc) is 3.22. The number of hydrogen-bond donors (Lipinski definition) is 1. The number of rotatable bonds is 7. The second kappa shape index (κ2) is 8.61. The summed E-state index contributed by atoms with van der Waals surface area (Å²) in [6, 6.07) is 6.11.